The maximum Gasteiger partial charge on any atom is 0.242 e. The number of sulfonamides is 1. The average molecular weight is 315 g/mol. The zero-order valence-corrected chi connectivity index (χ0v) is 13.2. The van der Waals surface area contributed by atoms with Gasteiger partial charge in [0.15, 0.2) is 0 Å². The van der Waals surface area contributed by atoms with Gasteiger partial charge in [-0.25, -0.2) is 12.7 Å². The molecule has 4 nitrogen and oxygen atoms in total. The fourth-order valence-electron chi connectivity index (χ4n) is 2.57. The lowest BCUT2D eigenvalue weighted by molar-refractivity contribution is 0.220. The van der Waals surface area contributed by atoms with Crippen molar-refractivity contribution in [1.29, 1.82) is 0 Å². The summed E-state index contributed by atoms with van der Waals surface area (Å²) in [6.07, 6.45) is 2.99. The zero-order chi connectivity index (χ0) is 15.9. The molecule has 0 fully saturated rings. The molecule has 0 radical (unpaired) electrons. The van der Waals surface area contributed by atoms with Crippen LogP contribution >= 0.6 is 0 Å². The van der Waals surface area contributed by atoms with Crippen molar-refractivity contribution >= 4 is 22.2 Å². The monoisotopic (exact) mass is 315 g/mol. The van der Waals surface area contributed by atoms with E-state index in [9.17, 15) is 13.5 Å². The third-order valence-corrected chi connectivity index (χ3v) is 5.68. The van der Waals surface area contributed by atoms with Gasteiger partial charge >= 0.3 is 0 Å². The predicted octanol–water partition coefficient (Wildman–Crippen LogP) is 2.50. The number of fused-ring (bicyclic) bond motifs is 2. The zero-order valence-electron chi connectivity index (χ0n) is 12.4. The van der Waals surface area contributed by atoms with Gasteiger partial charge in [0.2, 0.25) is 10.0 Å². The van der Waals surface area contributed by atoms with Crippen LogP contribution in [0.25, 0.3) is 12.2 Å². The predicted molar refractivity (Wildman–Crippen MR) is 86.7 cm³/mol. The summed E-state index contributed by atoms with van der Waals surface area (Å²) in [4.78, 5) is 0.183. The molecule has 5 heteroatoms. The molecule has 2 aromatic rings. The van der Waals surface area contributed by atoms with Gasteiger partial charge in [0.25, 0.3) is 0 Å². The third-order valence-electron chi connectivity index (χ3n) is 3.86. The van der Waals surface area contributed by atoms with Crippen LogP contribution in [-0.2, 0) is 10.0 Å². The van der Waals surface area contributed by atoms with E-state index in [2.05, 4.69) is 0 Å². The Labute approximate surface area is 130 Å². The fraction of sp³-hybridized carbons (Fsp3) is 0.176. The first-order chi connectivity index (χ1) is 10.4. The number of nitrogens with zero attached hydrogens (tertiary/aromatic N) is 1. The summed E-state index contributed by atoms with van der Waals surface area (Å²) in [5, 5.41) is 10.7. The van der Waals surface area contributed by atoms with Gasteiger partial charge in [-0.15, -0.1) is 0 Å². The summed E-state index contributed by atoms with van der Waals surface area (Å²) in [5.74, 6) is 0. The highest BCUT2D eigenvalue weighted by Gasteiger charge is 2.23. The van der Waals surface area contributed by atoms with Gasteiger partial charge in [-0.1, -0.05) is 42.5 Å². The lowest BCUT2D eigenvalue weighted by atomic mass is 9.97. The van der Waals surface area contributed by atoms with Gasteiger partial charge in [-0.2, -0.15) is 0 Å². The minimum absolute atomic E-state index is 0.183. The summed E-state index contributed by atoms with van der Waals surface area (Å²) >= 11 is 0. The normalized spacial score (nSPS) is 17.0. The molecule has 1 aliphatic carbocycles. The minimum atomic E-state index is -3.52. The molecule has 1 N–H and O–H groups in total. The highest BCUT2D eigenvalue weighted by molar-refractivity contribution is 7.89. The number of hydrogen-bond donors (Lipinski definition) is 1. The van der Waals surface area contributed by atoms with Crippen molar-refractivity contribution in [2.45, 2.75) is 11.0 Å². The van der Waals surface area contributed by atoms with Crippen molar-refractivity contribution in [3.05, 3.63) is 64.7 Å². The second-order valence-corrected chi connectivity index (χ2v) is 7.59. The Kier molecular flexibility index (Phi) is 3.64. The molecule has 0 saturated heterocycles. The highest BCUT2D eigenvalue weighted by atomic mass is 32.2. The van der Waals surface area contributed by atoms with Crippen molar-refractivity contribution in [1.82, 2.24) is 4.31 Å². The van der Waals surface area contributed by atoms with E-state index in [1.165, 1.54) is 18.4 Å². The highest BCUT2D eigenvalue weighted by Crippen LogP contribution is 2.34. The molecular weight excluding hydrogens is 298 g/mol. The molecule has 1 aliphatic rings. The quantitative estimate of drug-likeness (QED) is 0.926. The van der Waals surface area contributed by atoms with Crippen molar-refractivity contribution < 1.29 is 13.5 Å². The molecule has 1 atom stereocenters. The van der Waals surface area contributed by atoms with Crippen LogP contribution in [-0.4, -0.2) is 31.9 Å². The molecule has 22 heavy (non-hydrogen) atoms. The fourth-order valence-corrected chi connectivity index (χ4v) is 3.51. The number of aliphatic hydroxyl groups excluding tert-OH is 1. The molecule has 0 saturated carbocycles. The minimum Gasteiger partial charge on any atom is -0.384 e. The molecule has 114 valence electrons. The van der Waals surface area contributed by atoms with Crippen LogP contribution in [0.1, 0.15) is 28.4 Å². The number of hydrogen-bond acceptors (Lipinski definition) is 3. The summed E-state index contributed by atoms with van der Waals surface area (Å²) < 4.78 is 25.7. The lowest BCUT2D eigenvalue weighted by Crippen LogP contribution is -2.22. The molecule has 0 bridgehead atoms. The Bertz CT molecular complexity index is 854. The number of aliphatic hydroxyl groups is 1. The van der Waals surface area contributed by atoms with Gasteiger partial charge in [0.1, 0.15) is 6.10 Å². The van der Waals surface area contributed by atoms with Gasteiger partial charge in [0, 0.05) is 14.1 Å². The summed E-state index contributed by atoms with van der Waals surface area (Å²) in [7, 11) is -0.540. The van der Waals surface area contributed by atoms with Crippen LogP contribution in [0.5, 0.6) is 0 Å². The Morgan fingerprint density at radius 1 is 0.955 bits per heavy atom. The number of rotatable bonds is 2. The molecule has 2 aromatic carbocycles. The Morgan fingerprint density at radius 3 is 2.27 bits per heavy atom. The molecule has 0 amide bonds. The molecule has 0 aliphatic heterocycles. The van der Waals surface area contributed by atoms with Crippen LogP contribution in [0.3, 0.4) is 0 Å². The van der Waals surface area contributed by atoms with E-state index in [1.807, 2.05) is 36.4 Å². The Hall–Kier alpha value is -1.95. The van der Waals surface area contributed by atoms with E-state index in [0.717, 1.165) is 16.7 Å². The van der Waals surface area contributed by atoms with E-state index in [0.29, 0.717) is 5.56 Å². The van der Waals surface area contributed by atoms with Crippen LogP contribution in [0.2, 0.25) is 0 Å². The van der Waals surface area contributed by atoms with Gasteiger partial charge in [0.05, 0.1) is 4.90 Å². The largest absolute Gasteiger partial charge is 0.384 e. The van der Waals surface area contributed by atoms with Crippen LogP contribution in [0.15, 0.2) is 47.4 Å². The Morgan fingerprint density at radius 2 is 1.59 bits per heavy atom. The van der Waals surface area contributed by atoms with Crippen molar-refractivity contribution in [3.63, 3.8) is 0 Å². The first-order valence-corrected chi connectivity index (χ1v) is 8.37. The summed E-state index contributed by atoms with van der Waals surface area (Å²) in [6, 6.07) is 12.4. The summed E-state index contributed by atoms with van der Waals surface area (Å²) in [6.45, 7) is 0. The molecule has 0 heterocycles. The van der Waals surface area contributed by atoms with Crippen LogP contribution in [0.4, 0.5) is 0 Å². The second kappa shape index (κ2) is 5.35. The van der Waals surface area contributed by atoms with Crippen LogP contribution < -0.4 is 0 Å². The molecule has 1 unspecified atom stereocenters. The maximum atomic E-state index is 12.3. The van der Waals surface area contributed by atoms with Crippen LogP contribution in [0, 0.1) is 0 Å². The maximum absolute atomic E-state index is 12.3. The third kappa shape index (κ3) is 2.37. The topological polar surface area (TPSA) is 57.6 Å². The van der Waals surface area contributed by atoms with E-state index in [-0.39, 0.29) is 4.90 Å². The van der Waals surface area contributed by atoms with E-state index in [4.69, 9.17) is 0 Å². The van der Waals surface area contributed by atoms with Crippen molar-refractivity contribution in [2.24, 2.45) is 0 Å². The Balaban J connectivity index is 2.19. The molecule has 0 spiro atoms. The lowest BCUT2D eigenvalue weighted by Gasteiger charge is -2.17. The smallest absolute Gasteiger partial charge is 0.242 e. The number of benzene rings is 2. The first kappa shape index (κ1) is 15.0. The average Bonchev–Trinajstić information content (AvgIpc) is 2.65. The van der Waals surface area contributed by atoms with Gasteiger partial charge in [-0.05, 0) is 34.4 Å². The van der Waals surface area contributed by atoms with Gasteiger partial charge in [-0.3, -0.25) is 0 Å². The molecular formula is C17H17NO3S. The van der Waals surface area contributed by atoms with E-state index < -0.39 is 16.1 Å². The standard InChI is InChI=1S/C17H17NO3S/c1-18(2)22(20,21)14-10-9-13-8-7-12-5-3-4-6-15(12)17(19)16(13)11-14/h3-11,17,19H,1-2H3. The first-order valence-electron chi connectivity index (χ1n) is 6.93. The van der Waals surface area contributed by atoms with Gasteiger partial charge < -0.3 is 5.11 Å². The van der Waals surface area contributed by atoms with Crippen molar-refractivity contribution in [3.8, 4) is 0 Å². The second-order valence-electron chi connectivity index (χ2n) is 5.44. The molecule has 0 aromatic heterocycles. The summed E-state index contributed by atoms with van der Waals surface area (Å²) in [5.41, 5.74) is 3.13. The van der Waals surface area contributed by atoms with Crippen molar-refractivity contribution in [2.75, 3.05) is 14.1 Å². The van der Waals surface area contributed by atoms with E-state index >= 15 is 0 Å². The molecule has 3 rings (SSSR count). The SMILES string of the molecule is CN(C)S(=O)(=O)c1ccc2c(c1)C(O)c1ccccc1C=C2. The van der Waals surface area contributed by atoms with E-state index in [1.54, 1.807) is 18.2 Å².